The van der Waals surface area contributed by atoms with Crippen molar-refractivity contribution in [3.05, 3.63) is 70.2 Å². The molecule has 0 saturated heterocycles. The van der Waals surface area contributed by atoms with E-state index in [0.29, 0.717) is 23.7 Å². The van der Waals surface area contributed by atoms with Gasteiger partial charge in [0.1, 0.15) is 0 Å². The lowest BCUT2D eigenvalue weighted by molar-refractivity contribution is 0.581. The highest BCUT2D eigenvalue weighted by atomic mass is 32.2. The van der Waals surface area contributed by atoms with Gasteiger partial charge in [0.15, 0.2) is 5.82 Å². The van der Waals surface area contributed by atoms with Crippen molar-refractivity contribution in [2.45, 2.75) is 32.1 Å². The van der Waals surface area contributed by atoms with Crippen LogP contribution >= 0.6 is 11.3 Å². The number of nitrogens with one attached hydrogen (secondary N) is 1. The van der Waals surface area contributed by atoms with Crippen molar-refractivity contribution >= 4 is 26.3 Å². The fourth-order valence-corrected chi connectivity index (χ4v) is 5.09. The lowest BCUT2D eigenvalue weighted by Gasteiger charge is -2.08. The maximum Gasteiger partial charge on any atom is 0.240 e. The molecule has 0 fully saturated rings. The van der Waals surface area contributed by atoms with Crippen LogP contribution in [-0.4, -0.2) is 29.6 Å². The zero-order valence-electron chi connectivity index (χ0n) is 16.5. The number of hydrogen-bond donors (Lipinski definition) is 1. The second-order valence-corrected chi connectivity index (χ2v) is 9.67. The Morgan fingerprint density at radius 3 is 2.59 bits per heavy atom. The van der Waals surface area contributed by atoms with Crippen LogP contribution in [0.4, 0.5) is 0 Å². The molecule has 0 aliphatic rings. The van der Waals surface area contributed by atoms with Gasteiger partial charge < -0.3 is 0 Å². The Labute approximate surface area is 174 Å². The van der Waals surface area contributed by atoms with E-state index in [4.69, 9.17) is 0 Å². The molecule has 1 N–H and O–H groups in total. The number of nitrogens with zero attached hydrogens (tertiary/aromatic N) is 3. The number of aryl methyl sites for hydroxylation is 3. The third-order valence-corrected chi connectivity index (χ3v) is 7.32. The van der Waals surface area contributed by atoms with Gasteiger partial charge in [0.2, 0.25) is 15.0 Å². The van der Waals surface area contributed by atoms with E-state index in [9.17, 15) is 8.42 Å². The second kappa shape index (κ2) is 7.70. The van der Waals surface area contributed by atoms with Gasteiger partial charge in [-0.05, 0) is 49.6 Å². The van der Waals surface area contributed by atoms with E-state index >= 15 is 0 Å². The molecule has 2 heterocycles. The Bertz CT molecular complexity index is 1290. The smallest absolute Gasteiger partial charge is 0.211 e. The Hall–Kier alpha value is -2.55. The summed E-state index contributed by atoms with van der Waals surface area (Å²) in [5.41, 5.74) is 5.08. The van der Waals surface area contributed by atoms with Crippen molar-refractivity contribution in [3.8, 4) is 11.4 Å². The number of benzene rings is 2. The predicted molar refractivity (Wildman–Crippen MR) is 116 cm³/mol. The maximum absolute atomic E-state index is 12.6. The average molecular weight is 427 g/mol. The zero-order valence-corrected chi connectivity index (χ0v) is 18.1. The summed E-state index contributed by atoms with van der Waals surface area (Å²) in [5.74, 6) is 0.687. The number of thiazole rings is 1. The molecule has 0 saturated carbocycles. The molecule has 4 aromatic rings. The molecule has 0 aliphatic carbocycles. The van der Waals surface area contributed by atoms with E-state index in [1.165, 1.54) is 11.3 Å². The summed E-state index contributed by atoms with van der Waals surface area (Å²) >= 11 is 1.51. The summed E-state index contributed by atoms with van der Waals surface area (Å²) in [6.45, 7) is 6.20. The molecule has 0 amide bonds. The van der Waals surface area contributed by atoms with Crippen molar-refractivity contribution in [1.82, 2.24) is 19.3 Å². The van der Waals surface area contributed by atoms with Crippen LogP contribution in [0.25, 0.3) is 16.3 Å². The first-order valence-corrected chi connectivity index (χ1v) is 11.7. The highest BCUT2D eigenvalue weighted by molar-refractivity contribution is 7.89. The molecular formula is C21H22N4O2S2. The molecule has 0 atom stereocenters. The second-order valence-electron chi connectivity index (χ2n) is 7.07. The van der Waals surface area contributed by atoms with E-state index < -0.39 is 10.0 Å². The Balaban J connectivity index is 1.50. The summed E-state index contributed by atoms with van der Waals surface area (Å²) in [7, 11) is -3.54. The largest absolute Gasteiger partial charge is 0.240 e. The standard InChI is InChI=1S/C21H22N4O2S2/c1-14-8-9-18(12-16(14)3)29(26,27)22-11-10-17-13-28-21-23-20(24-25(17)21)19-7-5-4-6-15(19)2/h4-9,12-13,22H,10-11H2,1-3H3. The maximum atomic E-state index is 12.6. The van der Waals surface area contributed by atoms with Gasteiger partial charge in [-0.2, -0.15) is 4.98 Å². The third kappa shape index (κ3) is 3.96. The summed E-state index contributed by atoms with van der Waals surface area (Å²) < 4.78 is 29.6. The van der Waals surface area contributed by atoms with E-state index in [1.807, 2.05) is 56.5 Å². The molecule has 6 nitrogen and oxygen atoms in total. The minimum Gasteiger partial charge on any atom is -0.211 e. The zero-order chi connectivity index (χ0) is 20.6. The molecule has 150 valence electrons. The minimum absolute atomic E-state index is 0.290. The molecule has 0 bridgehead atoms. The molecule has 29 heavy (non-hydrogen) atoms. The van der Waals surface area contributed by atoms with Gasteiger partial charge in [0, 0.05) is 23.9 Å². The molecule has 8 heteroatoms. The van der Waals surface area contributed by atoms with Crippen LogP contribution in [0, 0.1) is 20.8 Å². The third-order valence-electron chi connectivity index (χ3n) is 5.00. The van der Waals surface area contributed by atoms with Crippen LogP contribution in [-0.2, 0) is 16.4 Å². The predicted octanol–water partition coefficient (Wildman–Crippen LogP) is 3.90. The summed E-state index contributed by atoms with van der Waals surface area (Å²) in [4.78, 5) is 5.71. The first-order valence-electron chi connectivity index (χ1n) is 9.31. The number of sulfonamides is 1. The quantitative estimate of drug-likeness (QED) is 0.507. The molecule has 0 spiro atoms. The first kappa shape index (κ1) is 19.8. The first-order chi connectivity index (χ1) is 13.8. The van der Waals surface area contributed by atoms with E-state index in [2.05, 4.69) is 14.8 Å². The van der Waals surface area contributed by atoms with Gasteiger partial charge in [0.25, 0.3) is 0 Å². The number of hydrogen-bond acceptors (Lipinski definition) is 5. The normalized spacial score (nSPS) is 12.0. The number of fused-ring (bicyclic) bond motifs is 1. The SMILES string of the molecule is Cc1ccc(S(=O)(=O)NCCc2csc3nc(-c4ccccc4C)nn23)cc1C. The van der Waals surface area contributed by atoms with Crippen LogP contribution in [0.3, 0.4) is 0 Å². The molecular weight excluding hydrogens is 404 g/mol. The Kier molecular flexibility index (Phi) is 5.24. The topological polar surface area (TPSA) is 76.4 Å². The fraction of sp³-hybridized carbons (Fsp3) is 0.238. The van der Waals surface area contributed by atoms with Crippen LogP contribution in [0.1, 0.15) is 22.4 Å². The van der Waals surface area contributed by atoms with Crippen molar-refractivity contribution in [2.24, 2.45) is 0 Å². The van der Waals surface area contributed by atoms with Crippen molar-refractivity contribution < 1.29 is 8.42 Å². The van der Waals surface area contributed by atoms with Crippen LogP contribution < -0.4 is 4.72 Å². The van der Waals surface area contributed by atoms with Crippen LogP contribution in [0.5, 0.6) is 0 Å². The summed E-state index contributed by atoms with van der Waals surface area (Å²) in [6.07, 6.45) is 0.528. The number of aromatic nitrogens is 3. The average Bonchev–Trinajstić information content (AvgIpc) is 3.26. The summed E-state index contributed by atoms with van der Waals surface area (Å²) in [5, 5.41) is 6.61. The lowest BCUT2D eigenvalue weighted by atomic mass is 10.1. The van der Waals surface area contributed by atoms with Crippen molar-refractivity contribution in [1.29, 1.82) is 0 Å². The van der Waals surface area contributed by atoms with Crippen molar-refractivity contribution in [2.75, 3.05) is 6.54 Å². The fourth-order valence-electron chi connectivity index (χ4n) is 3.11. The van der Waals surface area contributed by atoms with E-state index in [0.717, 1.165) is 32.9 Å². The monoisotopic (exact) mass is 426 g/mol. The Morgan fingerprint density at radius 2 is 1.83 bits per heavy atom. The molecule has 0 aliphatic heterocycles. The highest BCUT2D eigenvalue weighted by Crippen LogP contribution is 2.23. The molecule has 0 radical (unpaired) electrons. The molecule has 2 aromatic carbocycles. The van der Waals surface area contributed by atoms with Crippen LogP contribution in [0.2, 0.25) is 0 Å². The number of rotatable bonds is 6. The highest BCUT2D eigenvalue weighted by Gasteiger charge is 2.16. The summed E-state index contributed by atoms with van der Waals surface area (Å²) in [6, 6.07) is 13.2. The lowest BCUT2D eigenvalue weighted by Crippen LogP contribution is -2.26. The van der Waals surface area contributed by atoms with Crippen molar-refractivity contribution in [3.63, 3.8) is 0 Å². The van der Waals surface area contributed by atoms with Gasteiger partial charge >= 0.3 is 0 Å². The van der Waals surface area contributed by atoms with Gasteiger partial charge in [0.05, 0.1) is 10.6 Å². The van der Waals surface area contributed by atoms with Gasteiger partial charge in [-0.25, -0.2) is 17.7 Å². The minimum atomic E-state index is -3.54. The molecule has 4 rings (SSSR count). The van der Waals surface area contributed by atoms with Gasteiger partial charge in [-0.15, -0.1) is 16.4 Å². The van der Waals surface area contributed by atoms with Gasteiger partial charge in [-0.3, -0.25) is 0 Å². The van der Waals surface area contributed by atoms with Gasteiger partial charge in [-0.1, -0.05) is 30.3 Å². The Morgan fingerprint density at radius 1 is 1.03 bits per heavy atom. The molecule has 2 aromatic heterocycles. The van der Waals surface area contributed by atoms with E-state index in [1.54, 1.807) is 16.6 Å². The van der Waals surface area contributed by atoms with E-state index in [-0.39, 0.29) is 0 Å². The van der Waals surface area contributed by atoms with Crippen LogP contribution in [0.15, 0.2) is 52.7 Å². The molecule has 0 unspecified atom stereocenters.